The molecule has 0 unspecified atom stereocenters. The van der Waals surface area contributed by atoms with Crippen molar-refractivity contribution in [1.29, 1.82) is 0 Å². The van der Waals surface area contributed by atoms with Gasteiger partial charge in [-0.15, -0.1) is 0 Å². The molecule has 0 aromatic heterocycles. The summed E-state index contributed by atoms with van der Waals surface area (Å²) in [4.78, 5) is 0. The lowest BCUT2D eigenvalue weighted by Crippen LogP contribution is -2.12. The lowest BCUT2D eigenvalue weighted by molar-refractivity contribution is 0.318. The molecule has 2 rings (SSSR count). The van der Waals surface area contributed by atoms with E-state index in [0.717, 1.165) is 5.56 Å². The number of rotatable bonds is 3. The SMILES string of the molecule is Cc1ccc(Oc2ccc(C(N)=NO)cc2Cl)cc1. The third kappa shape index (κ3) is 3.17. The Balaban J connectivity index is 2.24. The number of halogens is 1. The molecule has 0 spiro atoms. The van der Waals surface area contributed by atoms with E-state index < -0.39 is 0 Å². The fourth-order valence-corrected chi connectivity index (χ4v) is 1.75. The first-order chi connectivity index (χ1) is 9.10. The van der Waals surface area contributed by atoms with Crippen LogP contribution in [0.1, 0.15) is 11.1 Å². The summed E-state index contributed by atoms with van der Waals surface area (Å²) in [6.07, 6.45) is 0. The molecule has 0 aliphatic heterocycles. The van der Waals surface area contributed by atoms with Gasteiger partial charge in [0.25, 0.3) is 0 Å². The molecule has 0 amide bonds. The van der Waals surface area contributed by atoms with Gasteiger partial charge >= 0.3 is 0 Å². The van der Waals surface area contributed by atoms with Crippen LogP contribution in [0.15, 0.2) is 47.6 Å². The van der Waals surface area contributed by atoms with Crippen molar-refractivity contribution < 1.29 is 9.94 Å². The monoisotopic (exact) mass is 276 g/mol. The van der Waals surface area contributed by atoms with Crippen LogP contribution in [0.2, 0.25) is 5.02 Å². The summed E-state index contributed by atoms with van der Waals surface area (Å²) in [5.74, 6) is 1.22. The molecular weight excluding hydrogens is 264 g/mol. The van der Waals surface area contributed by atoms with Crippen LogP contribution in [0.25, 0.3) is 0 Å². The van der Waals surface area contributed by atoms with Gasteiger partial charge in [0.05, 0.1) is 5.02 Å². The number of hydrogen-bond acceptors (Lipinski definition) is 3. The predicted molar refractivity (Wildman–Crippen MR) is 75.2 cm³/mol. The number of hydrogen-bond donors (Lipinski definition) is 2. The molecule has 0 saturated heterocycles. The predicted octanol–water partition coefficient (Wildman–Crippen LogP) is 3.54. The van der Waals surface area contributed by atoms with Crippen LogP contribution in [-0.2, 0) is 0 Å². The zero-order chi connectivity index (χ0) is 13.8. The van der Waals surface area contributed by atoms with Gasteiger partial charge < -0.3 is 15.7 Å². The first-order valence-electron chi connectivity index (χ1n) is 5.62. The molecule has 0 aliphatic rings. The minimum absolute atomic E-state index is 0.00351. The molecule has 5 heteroatoms. The van der Waals surface area contributed by atoms with E-state index in [2.05, 4.69) is 5.16 Å². The van der Waals surface area contributed by atoms with Crippen LogP contribution < -0.4 is 10.5 Å². The van der Waals surface area contributed by atoms with E-state index in [1.807, 2.05) is 31.2 Å². The molecule has 19 heavy (non-hydrogen) atoms. The molecule has 2 aromatic carbocycles. The van der Waals surface area contributed by atoms with Crippen molar-refractivity contribution in [2.45, 2.75) is 6.92 Å². The van der Waals surface area contributed by atoms with E-state index in [4.69, 9.17) is 27.3 Å². The van der Waals surface area contributed by atoms with Crippen LogP contribution in [0.4, 0.5) is 0 Å². The Morgan fingerprint density at radius 3 is 2.47 bits per heavy atom. The van der Waals surface area contributed by atoms with Gasteiger partial charge in [-0.1, -0.05) is 34.5 Å². The van der Waals surface area contributed by atoms with Gasteiger partial charge in [0.2, 0.25) is 0 Å². The minimum Gasteiger partial charge on any atom is -0.456 e. The standard InChI is InChI=1S/C14H13ClN2O2/c1-9-2-5-11(6-3-9)19-13-7-4-10(8-12(13)15)14(16)17-18/h2-8,18H,1H3,(H2,16,17). The molecule has 0 radical (unpaired) electrons. The smallest absolute Gasteiger partial charge is 0.170 e. The van der Waals surface area contributed by atoms with Gasteiger partial charge in [0, 0.05) is 5.56 Å². The Morgan fingerprint density at radius 2 is 1.89 bits per heavy atom. The van der Waals surface area contributed by atoms with E-state index in [9.17, 15) is 0 Å². The fraction of sp³-hybridized carbons (Fsp3) is 0.0714. The van der Waals surface area contributed by atoms with Crippen molar-refractivity contribution >= 4 is 17.4 Å². The lowest BCUT2D eigenvalue weighted by atomic mass is 10.2. The normalized spacial score (nSPS) is 11.4. The molecular formula is C14H13ClN2O2. The summed E-state index contributed by atoms with van der Waals surface area (Å²) in [5.41, 5.74) is 7.17. The average molecular weight is 277 g/mol. The average Bonchev–Trinajstić information content (AvgIpc) is 2.42. The number of nitrogens with zero attached hydrogens (tertiary/aromatic N) is 1. The Morgan fingerprint density at radius 1 is 1.21 bits per heavy atom. The van der Waals surface area contributed by atoms with Gasteiger partial charge in [-0.05, 0) is 37.3 Å². The van der Waals surface area contributed by atoms with Crippen LogP contribution in [0.3, 0.4) is 0 Å². The Hall–Kier alpha value is -2.20. The third-order valence-corrected chi connectivity index (χ3v) is 2.88. The Labute approximate surface area is 116 Å². The second kappa shape index (κ2) is 5.63. The Bertz CT molecular complexity index is 609. The first kappa shape index (κ1) is 13.2. The van der Waals surface area contributed by atoms with Gasteiger partial charge in [0.1, 0.15) is 11.5 Å². The van der Waals surface area contributed by atoms with Gasteiger partial charge in [0.15, 0.2) is 5.84 Å². The van der Waals surface area contributed by atoms with E-state index in [1.54, 1.807) is 18.2 Å². The molecule has 3 N–H and O–H groups in total. The van der Waals surface area contributed by atoms with Gasteiger partial charge in [-0.2, -0.15) is 0 Å². The van der Waals surface area contributed by atoms with Crippen LogP contribution >= 0.6 is 11.6 Å². The number of nitrogens with two attached hydrogens (primary N) is 1. The second-order valence-corrected chi connectivity index (χ2v) is 4.45. The van der Waals surface area contributed by atoms with Crippen molar-refractivity contribution in [3.05, 3.63) is 58.6 Å². The van der Waals surface area contributed by atoms with E-state index in [-0.39, 0.29) is 5.84 Å². The van der Waals surface area contributed by atoms with Gasteiger partial charge in [-0.3, -0.25) is 0 Å². The molecule has 0 atom stereocenters. The number of amidine groups is 1. The number of aryl methyl sites for hydroxylation is 1. The molecule has 98 valence electrons. The molecule has 0 fully saturated rings. The zero-order valence-corrected chi connectivity index (χ0v) is 11.1. The van der Waals surface area contributed by atoms with Crippen LogP contribution in [0, 0.1) is 6.92 Å². The highest BCUT2D eigenvalue weighted by molar-refractivity contribution is 6.32. The molecule has 4 nitrogen and oxygen atoms in total. The summed E-state index contributed by atoms with van der Waals surface area (Å²) >= 11 is 6.09. The second-order valence-electron chi connectivity index (χ2n) is 4.05. The largest absolute Gasteiger partial charge is 0.456 e. The van der Waals surface area contributed by atoms with Gasteiger partial charge in [-0.25, -0.2) is 0 Å². The lowest BCUT2D eigenvalue weighted by Gasteiger charge is -2.09. The fourth-order valence-electron chi connectivity index (χ4n) is 1.53. The Kier molecular flexibility index (Phi) is 3.92. The number of oxime groups is 1. The zero-order valence-electron chi connectivity index (χ0n) is 10.3. The first-order valence-corrected chi connectivity index (χ1v) is 6.00. The van der Waals surface area contributed by atoms with Crippen molar-refractivity contribution in [2.75, 3.05) is 0 Å². The highest BCUT2D eigenvalue weighted by atomic mass is 35.5. The van der Waals surface area contributed by atoms with Crippen molar-refractivity contribution in [1.82, 2.24) is 0 Å². The van der Waals surface area contributed by atoms with Crippen molar-refractivity contribution in [3.63, 3.8) is 0 Å². The molecule has 0 saturated carbocycles. The molecule has 2 aromatic rings. The maximum absolute atomic E-state index is 8.60. The van der Waals surface area contributed by atoms with E-state index in [1.165, 1.54) is 0 Å². The van der Waals surface area contributed by atoms with Crippen LogP contribution in [0.5, 0.6) is 11.5 Å². The molecule has 0 bridgehead atoms. The summed E-state index contributed by atoms with van der Waals surface area (Å²) < 4.78 is 5.66. The summed E-state index contributed by atoms with van der Waals surface area (Å²) in [6.45, 7) is 2.00. The highest BCUT2D eigenvalue weighted by Crippen LogP contribution is 2.30. The van der Waals surface area contributed by atoms with E-state index in [0.29, 0.717) is 22.1 Å². The van der Waals surface area contributed by atoms with Crippen molar-refractivity contribution in [3.8, 4) is 11.5 Å². The van der Waals surface area contributed by atoms with Crippen molar-refractivity contribution in [2.24, 2.45) is 10.9 Å². The summed E-state index contributed by atoms with van der Waals surface area (Å²) in [5, 5.41) is 11.9. The minimum atomic E-state index is 0.00351. The summed E-state index contributed by atoms with van der Waals surface area (Å²) in [7, 11) is 0. The van der Waals surface area contributed by atoms with Crippen LogP contribution in [-0.4, -0.2) is 11.0 Å². The number of benzene rings is 2. The molecule has 0 heterocycles. The topological polar surface area (TPSA) is 67.8 Å². The number of ether oxygens (including phenoxy) is 1. The summed E-state index contributed by atoms with van der Waals surface area (Å²) in [6, 6.07) is 12.6. The maximum Gasteiger partial charge on any atom is 0.170 e. The highest BCUT2D eigenvalue weighted by Gasteiger charge is 2.07. The third-order valence-electron chi connectivity index (χ3n) is 2.58. The quantitative estimate of drug-likeness (QED) is 0.390. The van der Waals surface area contributed by atoms with E-state index >= 15 is 0 Å². The molecule has 0 aliphatic carbocycles. The maximum atomic E-state index is 8.60.